The van der Waals surface area contributed by atoms with Gasteiger partial charge in [0.1, 0.15) is 0 Å². The first-order valence-corrected chi connectivity index (χ1v) is 7.66. The van der Waals surface area contributed by atoms with Crippen molar-refractivity contribution in [3.63, 3.8) is 0 Å². The van der Waals surface area contributed by atoms with E-state index in [0.717, 1.165) is 9.87 Å². The molecule has 0 saturated carbocycles. The van der Waals surface area contributed by atoms with Crippen LogP contribution >= 0.6 is 0 Å². The van der Waals surface area contributed by atoms with Gasteiger partial charge in [-0.3, -0.25) is 0 Å². The Morgan fingerprint density at radius 2 is 2.10 bits per heavy atom. The number of morpholine rings is 1. The standard InChI is InChI=1S/C13H13N3O4S/c14-6-5-11-1-3-12(4-2-11)21(18,19)16-7-8-20-9-13(16)15-10-17/h1-4,13H,5,7-9H2. The number of benzene rings is 1. The molecule has 1 aromatic carbocycles. The van der Waals surface area contributed by atoms with Crippen molar-refractivity contribution in [1.29, 1.82) is 5.26 Å². The first kappa shape index (κ1) is 15.4. The zero-order valence-corrected chi connectivity index (χ0v) is 11.9. The number of hydrogen-bond donors (Lipinski definition) is 0. The van der Waals surface area contributed by atoms with Crippen LogP contribution in [0.1, 0.15) is 5.56 Å². The van der Waals surface area contributed by atoms with Crippen molar-refractivity contribution in [2.75, 3.05) is 19.8 Å². The van der Waals surface area contributed by atoms with E-state index in [2.05, 4.69) is 4.99 Å². The highest BCUT2D eigenvalue weighted by Crippen LogP contribution is 2.21. The number of carbonyl (C=O) groups excluding carboxylic acids is 1. The van der Waals surface area contributed by atoms with E-state index in [-0.39, 0.29) is 31.1 Å². The number of nitrogens with zero attached hydrogens (tertiary/aromatic N) is 3. The topological polar surface area (TPSA) is 99.8 Å². The van der Waals surface area contributed by atoms with Crippen molar-refractivity contribution in [3.8, 4) is 6.07 Å². The first-order valence-electron chi connectivity index (χ1n) is 6.22. The lowest BCUT2D eigenvalue weighted by Gasteiger charge is -2.31. The summed E-state index contributed by atoms with van der Waals surface area (Å²) in [6.45, 7) is 0.399. The van der Waals surface area contributed by atoms with Crippen LogP contribution in [0.3, 0.4) is 0 Å². The highest BCUT2D eigenvalue weighted by molar-refractivity contribution is 7.89. The fourth-order valence-electron chi connectivity index (χ4n) is 2.02. The van der Waals surface area contributed by atoms with Gasteiger partial charge in [0.15, 0.2) is 6.17 Å². The van der Waals surface area contributed by atoms with Crippen LogP contribution in [-0.2, 0) is 26.0 Å². The van der Waals surface area contributed by atoms with Crippen molar-refractivity contribution in [1.82, 2.24) is 4.31 Å². The molecule has 8 heteroatoms. The van der Waals surface area contributed by atoms with Crippen molar-refractivity contribution in [2.24, 2.45) is 4.99 Å². The lowest BCUT2D eigenvalue weighted by Crippen LogP contribution is -2.47. The Morgan fingerprint density at radius 3 is 2.71 bits per heavy atom. The Morgan fingerprint density at radius 1 is 1.38 bits per heavy atom. The van der Waals surface area contributed by atoms with E-state index < -0.39 is 16.2 Å². The van der Waals surface area contributed by atoms with Crippen LogP contribution < -0.4 is 0 Å². The SMILES string of the molecule is N#CCc1ccc(S(=O)(=O)N2CCOCC2N=C=O)cc1. The maximum absolute atomic E-state index is 12.6. The molecule has 1 aliphatic rings. The maximum Gasteiger partial charge on any atom is 0.245 e. The van der Waals surface area contributed by atoms with Crippen LogP contribution in [0.2, 0.25) is 0 Å². The third-order valence-corrected chi connectivity index (χ3v) is 4.98. The Kier molecular flexibility index (Phi) is 4.83. The minimum absolute atomic E-state index is 0.0288. The molecule has 1 heterocycles. The largest absolute Gasteiger partial charge is 0.376 e. The molecule has 1 aliphatic heterocycles. The van der Waals surface area contributed by atoms with Gasteiger partial charge in [0.05, 0.1) is 30.6 Å². The predicted octanol–water partition coefficient (Wildman–Crippen LogP) is 0.435. The van der Waals surface area contributed by atoms with E-state index >= 15 is 0 Å². The summed E-state index contributed by atoms with van der Waals surface area (Å²) in [6, 6.07) is 8.07. The summed E-state index contributed by atoms with van der Waals surface area (Å²) in [7, 11) is -3.77. The monoisotopic (exact) mass is 307 g/mol. The lowest BCUT2D eigenvalue weighted by molar-refractivity contribution is 0.0359. The van der Waals surface area contributed by atoms with Crippen LogP contribution in [0, 0.1) is 11.3 Å². The van der Waals surface area contributed by atoms with Gasteiger partial charge in [-0.25, -0.2) is 13.2 Å². The molecule has 1 atom stereocenters. The van der Waals surface area contributed by atoms with Gasteiger partial charge in [0.2, 0.25) is 16.1 Å². The van der Waals surface area contributed by atoms with Gasteiger partial charge in [-0.05, 0) is 17.7 Å². The number of rotatable bonds is 4. The van der Waals surface area contributed by atoms with E-state index in [9.17, 15) is 13.2 Å². The van der Waals surface area contributed by atoms with Gasteiger partial charge in [-0.1, -0.05) is 12.1 Å². The number of isocyanates is 1. The van der Waals surface area contributed by atoms with Crippen LogP contribution in [0.4, 0.5) is 0 Å². The molecule has 0 bridgehead atoms. The molecule has 0 radical (unpaired) electrons. The number of aliphatic imine (C=N–C) groups is 1. The molecule has 21 heavy (non-hydrogen) atoms. The average Bonchev–Trinajstić information content (AvgIpc) is 2.49. The van der Waals surface area contributed by atoms with Gasteiger partial charge in [-0.2, -0.15) is 14.6 Å². The number of ether oxygens (including phenoxy) is 1. The van der Waals surface area contributed by atoms with Crippen molar-refractivity contribution < 1.29 is 17.9 Å². The lowest BCUT2D eigenvalue weighted by atomic mass is 10.2. The molecule has 1 aromatic rings. The Hall–Kier alpha value is -2.04. The number of nitriles is 1. The first-order chi connectivity index (χ1) is 10.1. The zero-order chi connectivity index (χ0) is 15.3. The van der Waals surface area contributed by atoms with Crippen molar-refractivity contribution in [2.45, 2.75) is 17.5 Å². The second-order valence-corrected chi connectivity index (χ2v) is 6.26. The van der Waals surface area contributed by atoms with Gasteiger partial charge in [0, 0.05) is 6.54 Å². The normalized spacial score (nSPS) is 19.5. The summed E-state index contributed by atoms with van der Waals surface area (Å²) < 4.78 is 31.4. The minimum Gasteiger partial charge on any atom is -0.376 e. The quantitative estimate of drug-likeness (QED) is 0.593. The van der Waals surface area contributed by atoms with E-state index in [1.54, 1.807) is 12.1 Å². The molecular weight excluding hydrogens is 294 g/mol. The highest BCUT2D eigenvalue weighted by Gasteiger charge is 2.34. The number of hydrogen-bond acceptors (Lipinski definition) is 6. The van der Waals surface area contributed by atoms with E-state index in [4.69, 9.17) is 10.00 Å². The fourth-order valence-corrected chi connectivity index (χ4v) is 3.52. The molecule has 0 N–H and O–H groups in total. The summed E-state index contributed by atoms with van der Waals surface area (Å²) in [5.41, 5.74) is 0.737. The summed E-state index contributed by atoms with van der Waals surface area (Å²) >= 11 is 0. The molecule has 2 rings (SSSR count). The second-order valence-electron chi connectivity index (χ2n) is 4.37. The molecular formula is C13H13N3O4S. The average molecular weight is 307 g/mol. The molecule has 110 valence electrons. The Labute approximate surface area is 122 Å². The number of sulfonamides is 1. The van der Waals surface area contributed by atoms with Crippen molar-refractivity contribution in [3.05, 3.63) is 29.8 Å². The summed E-state index contributed by atoms with van der Waals surface area (Å²) in [5, 5.41) is 8.61. The van der Waals surface area contributed by atoms with Gasteiger partial charge < -0.3 is 4.74 Å². The van der Waals surface area contributed by atoms with E-state index in [0.29, 0.717) is 0 Å². The molecule has 1 saturated heterocycles. The van der Waals surface area contributed by atoms with Crippen LogP contribution in [0.15, 0.2) is 34.2 Å². The molecule has 7 nitrogen and oxygen atoms in total. The van der Waals surface area contributed by atoms with Crippen LogP contribution in [0.25, 0.3) is 0 Å². The molecule has 0 spiro atoms. The molecule has 1 unspecified atom stereocenters. The minimum atomic E-state index is -3.77. The Balaban J connectivity index is 2.31. The van der Waals surface area contributed by atoms with Gasteiger partial charge >= 0.3 is 0 Å². The smallest absolute Gasteiger partial charge is 0.245 e. The predicted molar refractivity (Wildman–Crippen MR) is 72.4 cm³/mol. The second kappa shape index (κ2) is 6.61. The summed E-state index contributed by atoms with van der Waals surface area (Å²) in [5.74, 6) is 0. The molecule has 0 amide bonds. The third-order valence-electron chi connectivity index (χ3n) is 3.07. The zero-order valence-electron chi connectivity index (χ0n) is 11.1. The molecule has 0 aliphatic carbocycles. The van der Waals surface area contributed by atoms with Crippen molar-refractivity contribution >= 4 is 16.1 Å². The highest BCUT2D eigenvalue weighted by atomic mass is 32.2. The van der Waals surface area contributed by atoms with Gasteiger partial charge in [-0.15, -0.1) is 0 Å². The summed E-state index contributed by atoms with van der Waals surface area (Å²) in [6.07, 6.45) is 0.699. The molecule has 0 aromatic heterocycles. The van der Waals surface area contributed by atoms with E-state index in [1.807, 2.05) is 6.07 Å². The van der Waals surface area contributed by atoms with E-state index in [1.165, 1.54) is 18.2 Å². The van der Waals surface area contributed by atoms with Crippen LogP contribution in [-0.4, -0.2) is 44.7 Å². The van der Waals surface area contributed by atoms with Crippen LogP contribution in [0.5, 0.6) is 0 Å². The third kappa shape index (κ3) is 3.35. The Bertz CT molecular complexity index is 687. The van der Waals surface area contributed by atoms with Gasteiger partial charge in [0.25, 0.3) is 0 Å². The maximum atomic E-state index is 12.6. The molecule has 1 fully saturated rings. The summed E-state index contributed by atoms with van der Waals surface area (Å²) in [4.78, 5) is 14.0. The fraction of sp³-hybridized carbons (Fsp3) is 0.385.